The molecule has 7 nitrogen and oxygen atoms in total. The number of halogens is 2. The third kappa shape index (κ3) is 3.23. The van der Waals surface area contributed by atoms with Crippen molar-refractivity contribution in [2.24, 2.45) is 0 Å². The van der Waals surface area contributed by atoms with E-state index in [1.54, 1.807) is 22.9 Å². The molecule has 0 unspecified atom stereocenters. The molecule has 0 fully saturated rings. The fourth-order valence-corrected chi connectivity index (χ4v) is 2.73. The van der Waals surface area contributed by atoms with Gasteiger partial charge in [0.1, 0.15) is 10.2 Å². The van der Waals surface area contributed by atoms with Gasteiger partial charge < -0.3 is 5.73 Å². The van der Waals surface area contributed by atoms with E-state index in [0.717, 1.165) is 5.69 Å². The molecular weight excluding hydrogens is 333 g/mol. The van der Waals surface area contributed by atoms with Crippen LogP contribution in [0.3, 0.4) is 0 Å². The zero-order valence-electron chi connectivity index (χ0n) is 10.3. The molecule has 2 heterocycles. The van der Waals surface area contributed by atoms with E-state index in [2.05, 4.69) is 25.5 Å². The maximum absolute atomic E-state index is 5.87. The van der Waals surface area contributed by atoms with Crippen molar-refractivity contribution in [3.05, 3.63) is 40.5 Å². The molecule has 3 rings (SSSR count). The van der Waals surface area contributed by atoms with Crippen molar-refractivity contribution >= 4 is 40.9 Å². The highest BCUT2D eigenvalue weighted by atomic mass is 35.5. The van der Waals surface area contributed by atoms with Gasteiger partial charge >= 0.3 is 0 Å². The molecular formula is C11H7Cl2N7S. The summed E-state index contributed by atoms with van der Waals surface area (Å²) in [6, 6.07) is 8.72. The molecule has 10 heteroatoms. The van der Waals surface area contributed by atoms with Crippen LogP contribution in [0.4, 0.5) is 5.95 Å². The summed E-state index contributed by atoms with van der Waals surface area (Å²) in [5, 5.41) is 13.5. The molecule has 1 aromatic carbocycles. The zero-order chi connectivity index (χ0) is 14.8. The Labute approximate surface area is 133 Å². The molecule has 0 amide bonds. The second-order valence-corrected chi connectivity index (χ2v) is 5.65. The van der Waals surface area contributed by atoms with E-state index in [1.807, 2.05) is 12.1 Å². The lowest BCUT2D eigenvalue weighted by Crippen LogP contribution is -2.00. The Kier molecular flexibility index (Phi) is 3.91. The van der Waals surface area contributed by atoms with E-state index in [9.17, 15) is 0 Å². The van der Waals surface area contributed by atoms with Crippen molar-refractivity contribution in [1.82, 2.24) is 30.2 Å². The van der Waals surface area contributed by atoms with Gasteiger partial charge in [0.2, 0.25) is 11.1 Å². The van der Waals surface area contributed by atoms with Gasteiger partial charge in [-0.25, -0.2) is 9.97 Å². The summed E-state index contributed by atoms with van der Waals surface area (Å²) in [6.45, 7) is 0. The maximum atomic E-state index is 5.87. The maximum Gasteiger partial charge on any atom is 0.222 e. The average Bonchev–Trinajstić information content (AvgIpc) is 2.86. The number of hydrogen-bond acceptors (Lipinski definition) is 7. The van der Waals surface area contributed by atoms with Crippen LogP contribution in [0.5, 0.6) is 0 Å². The van der Waals surface area contributed by atoms with Gasteiger partial charge in [-0.1, -0.05) is 23.2 Å². The summed E-state index contributed by atoms with van der Waals surface area (Å²) in [5.41, 5.74) is 6.34. The van der Waals surface area contributed by atoms with E-state index in [4.69, 9.17) is 28.9 Å². The molecule has 2 aromatic heterocycles. The van der Waals surface area contributed by atoms with Crippen molar-refractivity contribution in [1.29, 1.82) is 0 Å². The van der Waals surface area contributed by atoms with Crippen molar-refractivity contribution in [3.63, 3.8) is 0 Å². The van der Waals surface area contributed by atoms with Gasteiger partial charge in [0.25, 0.3) is 0 Å². The van der Waals surface area contributed by atoms with Crippen molar-refractivity contribution < 1.29 is 0 Å². The first-order valence-electron chi connectivity index (χ1n) is 5.64. The van der Waals surface area contributed by atoms with Gasteiger partial charge in [0.05, 0.1) is 5.69 Å². The van der Waals surface area contributed by atoms with Crippen molar-refractivity contribution in [2.75, 3.05) is 5.73 Å². The third-order valence-corrected chi connectivity index (χ3v) is 3.70. The van der Waals surface area contributed by atoms with Crippen molar-refractivity contribution in [3.8, 4) is 5.69 Å². The molecule has 0 aliphatic rings. The zero-order valence-corrected chi connectivity index (χ0v) is 12.6. The fraction of sp³-hybridized carbons (Fsp3) is 0. The molecule has 2 N–H and O–H groups in total. The molecule has 3 aromatic rings. The number of hydrogen-bond donors (Lipinski definition) is 1. The highest BCUT2D eigenvalue weighted by Crippen LogP contribution is 2.27. The van der Waals surface area contributed by atoms with E-state index < -0.39 is 0 Å². The summed E-state index contributed by atoms with van der Waals surface area (Å²) in [4.78, 5) is 7.87. The first kappa shape index (κ1) is 14.1. The van der Waals surface area contributed by atoms with Gasteiger partial charge in [-0.2, -0.15) is 4.68 Å². The van der Waals surface area contributed by atoms with E-state index in [-0.39, 0.29) is 11.1 Å². The Morgan fingerprint density at radius 3 is 2.57 bits per heavy atom. The van der Waals surface area contributed by atoms with Gasteiger partial charge in [-0.3, -0.25) is 0 Å². The second-order valence-electron chi connectivity index (χ2n) is 3.84. The molecule has 0 radical (unpaired) electrons. The molecule has 0 aliphatic carbocycles. The number of nitrogens with zero attached hydrogens (tertiary/aromatic N) is 6. The summed E-state index contributed by atoms with van der Waals surface area (Å²) in [6.07, 6.45) is 0. The summed E-state index contributed by atoms with van der Waals surface area (Å²) < 4.78 is 1.56. The third-order valence-electron chi connectivity index (χ3n) is 2.40. The quantitative estimate of drug-likeness (QED) is 0.732. The molecule has 0 bridgehead atoms. The second kappa shape index (κ2) is 5.84. The first-order valence-corrected chi connectivity index (χ1v) is 7.21. The smallest absolute Gasteiger partial charge is 0.222 e. The first-order chi connectivity index (χ1) is 10.1. The average molecular weight is 340 g/mol. The monoisotopic (exact) mass is 339 g/mol. The van der Waals surface area contributed by atoms with Gasteiger partial charge in [-0.15, -0.1) is 5.10 Å². The Morgan fingerprint density at radius 2 is 1.86 bits per heavy atom. The SMILES string of the molecule is Nc1nc(Cl)cc(Sc2nnnn2-c2ccc(Cl)cc2)n1. The van der Waals surface area contributed by atoms with Crippen LogP contribution in [-0.4, -0.2) is 30.2 Å². The number of anilines is 1. The molecule has 106 valence electrons. The van der Waals surface area contributed by atoms with Gasteiger partial charge in [0, 0.05) is 11.1 Å². The van der Waals surface area contributed by atoms with Crippen LogP contribution in [-0.2, 0) is 0 Å². The number of rotatable bonds is 3. The normalized spacial score (nSPS) is 10.8. The molecule has 21 heavy (non-hydrogen) atoms. The summed E-state index contributed by atoms with van der Waals surface area (Å²) >= 11 is 12.9. The summed E-state index contributed by atoms with van der Waals surface area (Å²) in [7, 11) is 0. The van der Waals surface area contributed by atoms with Crippen LogP contribution in [0.25, 0.3) is 5.69 Å². The highest BCUT2D eigenvalue weighted by molar-refractivity contribution is 7.99. The number of aromatic nitrogens is 6. The van der Waals surface area contributed by atoms with E-state index >= 15 is 0 Å². The van der Waals surface area contributed by atoms with Crippen LogP contribution >= 0.6 is 35.0 Å². The number of nitrogen functional groups attached to an aromatic ring is 1. The predicted molar refractivity (Wildman–Crippen MR) is 79.7 cm³/mol. The van der Waals surface area contributed by atoms with E-state index in [1.165, 1.54) is 11.8 Å². The highest BCUT2D eigenvalue weighted by Gasteiger charge is 2.12. The van der Waals surface area contributed by atoms with Crippen LogP contribution in [0.2, 0.25) is 10.2 Å². The molecule has 0 atom stereocenters. The minimum Gasteiger partial charge on any atom is -0.368 e. The molecule has 0 spiro atoms. The lowest BCUT2D eigenvalue weighted by molar-refractivity contribution is 0.756. The number of benzene rings is 1. The largest absolute Gasteiger partial charge is 0.368 e. The van der Waals surface area contributed by atoms with Crippen LogP contribution in [0.15, 0.2) is 40.5 Å². The fourth-order valence-electron chi connectivity index (χ4n) is 1.55. The molecule has 0 saturated carbocycles. The van der Waals surface area contributed by atoms with Crippen LogP contribution in [0, 0.1) is 0 Å². The number of nitrogens with two attached hydrogens (primary N) is 1. The Morgan fingerprint density at radius 1 is 1.10 bits per heavy atom. The van der Waals surface area contributed by atoms with E-state index in [0.29, 0.717) is 15.2 Å². The predicted octanol–water partition coefficient (Wildman–Crippen LogP) is 2.49. The lowest BCUT2D eigenvalue weighted by atomic mass is 10.3. The Hall–Kier alpha value is -1.90. The topological polar surface area (TPSA) is 95.4 Å². The number of tetrazole rings is 1. The van der Waals surface area contributed by atoms with Crippen LogP contribution in [0.1, 0.15) is 0 Å². The molecule has 0 aliphatic heterocycles. The minimum absolute atomic E-state index is 0.0931. The Bertz CT molecular complexity index is 754. The lowest BCUT2D eigenvalue weighted by Gasteiger charge is -2.04. The van der Waals surface area contributed by atoms with Crippen molar-refractivity contribution in [2.45, 2.75) is 10.2 Å². The van der Waals surface area contributed by atoms with Gasteiger partial charge in [0.15, 0.2) is 0 Å². The Balaban J connectivity index is 1.94. The molecule has 0 saturated heterocycles. The standard InChI is InChI=1S/C11H7Cl2N7S/c12-6-1-3-7(4-2-6)20-11(17-18-19-20)21-9-5-8(13)15-10(14)16-9/h1-5H,(H2,14,15,16). The summed E-state index contributed by atoms with van der Waals surface area (Å²) in [5.74, 6) is 0.0931. The van der Waals surface area contributed by atoms with Gasteiger partial charge in [-0.05, 0) is 46.5 Å². The minimum atomic E-state index is 0.0931. The van der Waals surface area contributed by atoms with Crippen LogP contribution < -0.4 is 5.73 Å².